The number of carbonyl (C=O) groups excluding carboxylic acids is 1. The lowest BCUT2D eigenvalue weighted by Gasteiger charge is -2.28. The Balaban J connectivity index is 2.95. The zero-order valence-electron chi connectivity index (χ0n) is 10.9. The van der Waals surface area contributed by atoms with E-state index in [1.165, 1.54) is 6.07 Å². The Morgan fingerprint density at radius 2 is 2.28 bits per heavy atom. The van der Waals surface area contributed by atoms with Crippen LogP contribution in [0.5, 0.6) is 0 Å². The van der Waals surface area contributed by atoms with Gasteiger partial charge in [0, 0.05) is 19.7 Å². The van der Waals surface area contributed by atoms with Gasteiger partial charge < -0.3 is 15.0 Å². The van der Waals surface area contributed by atoms with Crippen LogP contribution in [0.3, 0.4) is 0 Å². The Morgan fingerprint density at radius 3 is 2.89 bits per heavy atom. The molecule has 1 N–H and O–H groups in total. The van der Waals surface area contributed by atoms with Crippen molar-refractivity contribution in [1.82, 2.24) is 0 Å². The van der Waals surface area contributed by atoms with Gasteiger partial charge in [-0.15, -0.1) is 0 Å². The number of benzene rings is 1. The van der Waals surface area contributed by atoms with Gasteiger partial charge in [0.1, 0.15) is 5.82 Å². The summed E-state index contributed by atoms with van der Waals surface area (Å²) in [5, 5.41) is 2.51. The lowest BCUT2D eigenvalue weighted by molar-refractivity contribution is -0.105. The van der Waals surface area contributed by atoms with Crippen LogP contribution < -0.4 is 10.2 Å². The largest absolute Gasteiger partial charge is 0.380 e. The molecule has 0 spiro atoms. The smallest absolute Gasteiger partial charge is 0.211 e. The summed E-state index contributed by atoms with van der Waals surface area (Å²) in [5.74, 6) is -0.368. The second-order valence-corrected chi connectivity index (χ2v) is 4.02. The summed E-state index contributed by atoms with van der Waals surface area (Å²) in [6.07, 6.45) is 0.541. The van der Waals surface area contributed by atoms with Crippen molar-refractivity contribution < 1.29 is 13.9 Å². The predicted molar refractivity (Wildman–Crippen MR) is 70.4 cm³/mol. The molecular formula is C13H19FN2O2. The molecule has 5 heteroatoms. The monoisotopic (exact) mass is 254 g/mol. The Morgan fingerprint density at radius 1 is 1.56 bits per heavy atom. The molecule has 1 aromatic carbocycles. The van der Waals surface area contributed by atoms with Gasteiger partial charge in [0.2, 0.25) is 6.41 Å². The summed E-state index contributed by atoms with van der Waals surface area (Å²) in [4.78, 5) is 12.3. The van der Waals surface area contributed by atoms with Crippen LogP contribution in [0.15, 0.2) is 18.2 Å². The number of para-hydroxylation sites is 1. The number of halogens is 1. The summed E-state index contributed by atoms with van der Waals surface area (Å²) in [5.41, 5.74) is 0.827. The zero-order valence-corrected chi connectivity index (χ0v) is 10.9. The topological polar surface area (TPSA) is 41.6 Å². The molecule has 100 valence electrons. The van der Waals surface area contributed by atoms with Crippen LogP contribution in [-0.2, 0) is 9.53 Å². The van der Waals surface area contributed by atoms with Crippen molar-refractivity contribution in [3.8, 4) is 0 Å². The third-order valence-corrected chi connectivity index (χ3v) is 2.78. The standard InChI is InChI=1S/C13H19FN2O2/c1-4-18-8-10(2)16(3)13-11(14)6-5-7-12(13)15-9-17/h5-7,9-10H,4,8H2,1-3H3,(H,15,17). The molecule has 18 heavy (non-hydrogen) atoms. The average Bonchev–Trinajstić information content (AvgIpc) is 2.36. The highest BCUT2D eigenvalue weighted by molar-refractivity contribution is 5.81. The fourth-order valence-electron chi connectivity index (χ4n) is 1.67. The van der Waals surface area contributed by atoms with Gasteiger partial charge in [-0.3, -0.25) is 4.79 Å². The van der Waals surface area contributed by atoms with Crippen molar-refractivity contribution >= 4 is 17.8 Å². The number of likely N-dealkylation sites (N-methyl/N-ethyl adjacent to an activating group) is 1. The van der Waals surface area contributed by atoms with Crippen molar-refractivity contribution in [3.05, 3.63) is 24.0 Å². The van der Waals surface area contributed by atoms with E-state index in [0.29, 0.717) is 31.0 Å². The number of nitrogens with zero attached hydrogens (tertiary/aromatic N) is 1. The predicted octanol–water partition coefficient (Wildman–Crippen LogP) is 2.26. The molecule has 0 aliphatic rings. The van der Waals surface area contributed by atoms with Gasteiger partial charge in [-0.1, -0.05) is 6.07 Å². The lowest BCUT2D eigenvalue weighted by Crippen LogP contribution is -2.34. The number of anilines is 2. The first-order valence-electron chi connectivity index (χ1n) is 5.91. The number of hydrogen-bond donors (Lipinski definition) is 1. The second kappa shape index (κ2) is 6.96. The first-order chi connectivity index (χ1) is 8.61. The molecule has 0 saturated carbocycles. The van der Waals surface area contributed by atoms with Crippen molar-refractivity contribution in [3.63, 3.8) is 0 Å². The first-order valence-corrected chi connectivity index (χ1v) is 5.91. The Labute approximate surface area is 107 Å². The van der Waals surface area contributed by atoms with E-state index in [-0.39, 0.29) is 11.9 Å². The summed E-state index contributed by atoms with van der Waals surface area (Å²) < 4.78 is 19.2. The van der Waals surface area contributed by atoms with E-state index in [0.717, 1.165) is 0 Å². The fourth-order valence-corrected chi connectivity index (χ4v) is 1.67. The molecule has 1 unspecified atom stereocenters. The first kappa shape index (κ1) is 14.4. The van der Waals surface area contributed by atoms with Crippen LogP contribution in [-0.4, -0.2) is 32.7 Å². The lowest BCUT2D eigenvalue weighted by atomic mass is 10.2. The molecule has 0 aliphatic heterocycles. The van der Waals surface area contributed by atoms with Crippen molar-refractivity contribution in [1.29, 1.82) is 0 Å². The van der Waals surface area contributed by atoms with Gasteiger partial charge in [0.15, 0.2) is 0 Å². The summed E-state index contributed by atoms with van der Waals surface area (Å²) in [6, 6.07) is 4.60. The number of rotatable bonds is 7. The van der Waals surface area contributed by atoms with Gasteiger partial charge in [-0.2, -0.15) is 0 Å². The van der Waals surface area contributed by atoms with Crippen LogP contribution in [0.2, 0.25) is 0 Å². The minimum atomic E-state index is -0.368. The molecule has 0 radical (unpaired) electrons. The highest BCUT2D eigenvalue weighted by Crippen LogP contribution is 2.29. The minimum absolute atomic E-state index is 0.00838. The van der Waals surface area contributed by atoms with Crippen LogP contribution in [0.25, 0.3) is 0 Å². The van der Waals surface area contributed by atoms with E-state index in [1.54, 1.807) is 24.1 Å². The van der Waals surface area contributed by atoms with E-state index in [9.17, 15) is 9.18 Å². The molecule has 0 bridgehead atoms. The van der Waals surface area contributed by atoms with E-state index in [1.807, 2.05) is 13.8 Å². The molecule has 0 aliphatic carbocycles. The molecule has 1 rings (SSSR count). The number of ether oxygens (including phenoxy) is 1. The maximum Gasteiger partial charge on any atom is 0.211 e. The van der Waals surface area contributed by atoms with Gasteiger partial charge in [-0.25, -0.2) is 4.39 Å². The molecule has 1 aromatic rings. The zero-order chi connectivity index (χ0) is 13.5. The molecule has 0 fully saturated rings. The van der Waals surface area contributed by atoms with E-state index in [4.69, 9.17) is 4.74 Å². The molecular weight excluding hydrogens is 235 g/mol. The van der Waals surface area contributed by atoms with Crippen molar-refractivity contribution in [2.45, 2.75) is 19.9 Å². The van der Waals surface area contributed by atoms with Crippen molar-refractivity contribution in [2.75, 3.05) is 30.5 Å². The number of nitrogens with one attached hydrogen (secondary N) is 1. The van der Waals surface area contributed by atoms with Crippen LogP contribution in [0, 0.1) is 5.82 Å². The molecule has 0 saturated heterocycles. The maximum atomic E-state index is 13.9. The van der Waals surface area contributed by atoms with Crippen LogP contribution >= 0.6 is 0 Å². The minimum Gasteiger partial charge on any atom is -0.380 e. The van der Waals surface area contributed by atoms with Crippen LogP contribution in [0.4, 0.5) is 15.8 Å². The SMILES string of the molecule is CCOCC(C)N(C)c1c(F)cccc1NC=O. The Bertz CT molecular complexity index is 399. The quantitative estimate of drug-likeness (QED) is 0.759. The van der Waals surface area contributed by atoms with E-state index < -0.39 is 0 Å². The Kier molecular flexibility index (Phi) is 5.58. The third-order valence-electron chi connectivity index (χ3n) is 2.78. The number of carbonyl (C=O) groups is 1. The maximum absolute atomic E-state index is 13.9. The summed E-state index contributed by atoms with van der Waals surface area (Å²) in [6.45, 7) is 4.97. The highest BCUT2D eigenvalue weighted by Gasteiger charge is 2.17. The van der Waals surface area contributed by atoms with Crippen LogP contribution in [0.1, 0.15) is 13.8 Å². The number of amides is 1. The third kappa shape index (κ3) is 3.43. The molecule has 4 nitrogen and oxygen atoms in total. The van der Waals surface area contributed by atoms with Gasteiger partial charge in [0.25, 0.3) is 0 Å². The van der Waals surface area contributed by atoms with Crippen molar-refractivity contribution in [2.24, 2.45) is 0 Å². The van der Waals surface area contributed by atoms with Gasteiger partial charge in [-0.05, 0) is 26.0 Å². The molecule has 0 heterocycles. The van der Waals surface area contributed by atoms with Gasteiger partial charge >= 0.3 is 0 Å². The van der Waals surface area contributed by atoms with Gasteiger partial charge in [0.05, 0.1) is 18.0 Å². The number of hydrogen-bond acceptors (Lipinski definition) is 3. The normalized spacial score (nSPS) is 12.0. The molecule has 1 amide bonds. The van der Waals surface area contributed by atoms with E-state index in [2.05, 4.69) is 5.32 Å². The molecule has 0 aromatic heterocycles. The summed E-state index contributed by atoms with van der Waals surface area (Å²) in [7, 11) is 1.78. The average molecular weight is 254 g/mol. The molecule has 1 atom stereocenters. The van der Waals surface area contributed by atoms with E-state index >= 15 is 0 Å². The summed E-state index contributed by atoms with van der Waals surface area (Å²) >= 11 is 0. The Hall–Kier alpha value is -1.62. The second-order valence-electron chi connectivity index (χ2n) is 4.02. The highest BCUT2D eigenvalue weighted by atomic mass is 19.1. The fraction of sp³-hybridized carbons (Fsp3) is 0.462.